The van der Waals surface area contributed by atoms with Gasteiger partial charge in [-0.2, -0.15) is 19.2 Å². The number of fused-ring (bicyclic) bond motifs is 2. The van der Waals surface area contributed by atoms with Crippen LogP contribution in [0.3, 0.4) is 0 Å². The summed E-state index contributed by atoms with van der Waals surface area (Å²) in [7, 11) is 7.89. The Morgan fingerprint density at radius 1 is 0.789 bits per heavy atom. The van der Waals surface area contributed by atoms with Gasteiger partial charge in [0.1, 0.15) is 34.6 Å². The highest BCUT2D eigenvalue weighted by molar-refractivity contribution is 6.50. The molecule has 4 aromatic rings. The lowest BCUT2D eigenvalue weighted by Gasteiger charge is -2.23. The van der Waals surface area contributed by atoms with Gasteiger partial charge >= 0.3 is 0 Å². The zero-order valence-corrected chi connectivity index (χ0v) is 22.2. The molecule has 38 heavy (non-hydrogen) atoms. The Bertz CT molecular complexity index is 1640. The predicted octanol–water partition coefficient (Wildman–Crippen LogP) is 3.16. The molecule has 6 heterocycles. The smallest absolute Gasteiger partial charge is 0.183 e. The number of rotatable bonds is 4. The number of likely N-dealkylation sites (tertiary alicyclic amines) is 1. The normalized spacial score (nSPS) is 18.1. The van der Waals surface area contributed by atoms with Crippen LogP contribution in [0.2, 0.25) is 0 Å². The molecule has 0 unspecified atom stereocenters. The predicted molar refractivity (Wildman–Crippen MR) is 151 cm³/mol. The van der Waals surface area contributed by atoms with E-state index in [-0.39, 0.29) is 0 Å². The summed E-state index contributed by atoms with van der Waals surface area (Å²) in [5, 5.41) is 9.09. The highest BCUT2D eigenvalue weighted by Crippen LogP contribution is 2.27. The van der Waals surface area contributed by atoms with Crippen molar-refractivity contribution in [3.05, 3.63) is 48.6 Å². The van der Waals surface area contributed by atoms with E-state index in [9.17, 15) is 0 Å². The van der Waals surface area contributed by atoms with E-state index in [0.717, 1.165) is 49.0 Å². The van der Waals surface area contributed by atoms with Crippen LogP contribution >= 0.6 is 0 Å². The van der Waals surface area contributed by atoms with Crippen LogP contribution in [0.5, 0.6) is 0 Å². The van der Waals surface area contributed by atoms with Crippen molar-refractivity contribution in [3.8, 4) is 0 Å². The van der Waals surface area contributed by atoms with Gasteiger partial charge in [-0.05, 0) is 43.5 Å². The second kappa shape index (κ2) is 9.36. The fraction of sp³-hybridized carbons (Fsp3) is 0.346. The van der Waals surface area contributed by atoms with Gasteiger partial charge in [0.15, 0.2) is 17.1 Å². The van der Waals surface area contributed by atoms with Crippen molar-refractivity contribution < 1.29 is 0 Å². The number of aliphatic imine (C=N–C) groups is 3. The Kier molecular flexibility index (Phi) is 5.86. The SMILES string of the molecule is CC1=CC(=Nc2cnn3c(N(C)C)ccnc23)C(=Nc2cnn3c(N(C)C)ccnc23)N=C1N1CCCC1. The van der Waals surface area contributed by atoms with E-state index in [1.54, 1.807) is 33.8 Å². The topological polar surface area (TPSA) is 107 Å². The van der Waals surface area contributed by atoms with Gasteiger partial charge in [0.05, 0.1) is 12.4 Å². The molecule has 0 bridgehead atoms. The molecule has 0 N–H and O–H groups in total. The van der Waals surface area contributed by atoms with Gasteiger partial charge in [0.25, 0.3) is 0 Å². The average molecular weight is 511 g/mol. The third-order valence-electron chi connectivity index (χ3n) is 6.66. The second-order valence-corrected chi connectivity index (χ2v) is 9.81. The minimum Gasteiger partial charge on any atom is -0.363 e. The highest BCUT2D eigenvalue weighted by Gasteiger charge is 2.25. The lowest BCUT2D eigenvalue weighted by molar-refractivity contribution is 0.520. The van der Waals surface area contributed by atoms with Gasteiger partial charge in [-0.3, -0.25) is 0 Å². The first kappa shape index (κ1) is 23.8. The highest BCUT2D eigenvalue weighted by atomic mass is 15.3. The molecule has 1 fully saturated rings. The molecule has 0 amide bonds. The Morgan fingerprint density at radius 3 is 1.89 bits per heavy atom. The summed E-state index contributed by atoms with van der Waals surface area (Å²) in [6.07, 6.45) is 11.3. The molecule has 1 saturated heterocycles. The maximum atomic E-state index is 5.03. The zero-order valence-electron chi connectivity index (χ0n) is 22.2. The van der Waals surface area contributed by atoms with Crippen LogP contribution in [0.4, 0.5) is 23.0 Å². The molecule has 6 rings (SSSR count). The zero-order chi connectivity index (χ0) is 26.4. The van der Waals surface area contributed by atoms with Gasteiger partial charge in [-0.15, -0.1) is 0 Å². The van der Waals surface area contributed by atoms with Gasteiger partial charge in [0, 0.05) is 53.7 Å². The number of amidine groups is 2. The summed E-state index contributed by atoms with van der Waals surface area (Å²) in [6, 6.07) is 3.83. The fourth-order valence-corrected chi connectivity index (χ4v) is 4.81. The molecule has 0 radical (unpaired) electrons. The lowest BCUT2D eigenvalue weighted by atomic mass is 10.1. The number of aromatic nitrogens is 6. The van der Waals surface area contributed by atoms with E-state index >= 15 is 0 Å². The summed E-state index contributed by atoms with van der Waals surface area (Å²) >= 11 is 0. The maximum Gasteiger partial charge on any atom is 0.183 e. The Morgan fingerprint density at radius 2 is 1.34 bits per heavy atom. The van der Waals surface area contributed by atoms with Crippen molar-refractivity contribution in [2.24, 2.45) is 15.0 Å². The minimum atomic E-state index is 0.507. The summed E-state index contributed by atoms with van der Waals surface area (Å²) in [4.78, 5) is 30.4. The van der Waals surface area contributed by atoms with E-state index in [4.69, 9.17) is 15.0 Å². The van der Waals surface area contributed by atoms with E-state index in [2.05, 4.69) is 32.0 Å². The first-order chi connectivity index (χ1) is 18.4. The van der Waals surface area contributed by atoms with Crippen molar-refractivity contribution in [1.82, 2.24) is 34.1 Å². The van der Waals surface area contributed by atoms with Gasteiger partial charge in [0.2, 0.25) is 0 Å². The molecule has 4 aromatic heterocycles. The Hall–Kier alpha value is -4.61. The van der Waals surface area contributed by atoms with Gasteiger partial charge < -0.3 is 14.7 Å². The van der Waals surface area contributed by atoms with Crippen LogP contribution in [0, 0.1) is 0 Å². The summed E-state index contributed by atoms with van der Waals surface area (Å²) in [6.45, 7) is 4.04. The molecule has 2 aliphatic heterocycles. The molecule has 194 valence electrons. The standard InChI is InChI=1S/C26H30N12/c1-17-14-18(31-19-15-29-37-21(34(2)3)8-10-27-25(19)37)23(33-24(17)36-12-6-7-13-36)32-20-16-30-38-22(35(4)5)9-11-28-26(20)38/h8-11,14-16H,6-7,12-13H2,1-5H3. The molecule has 12 heteroatoms. The molecule has 12 nitrogen and oxygen atoms in total. The molecule has 0 saturated carbocycles. The number of nitrogens with zero attached hydrogens (tertiary/aromatic N) is 12. The van der Waals surface area contributed by atoms with E-state index in [0.29, 0.717) is 34.2 Å². The molecule has 0 aromatic carbocycles. The van der Waals surface area contributed by atoms with Crippen LogP contribution < -0.4 is 9.80 Å². The van der Waals surface area contributed by atoms with E-state index in [1.807, 2.05) is 56.2 Å². The quantitative estimate of drug-likeness (QED) is 0.415. The fourth-order valence-electron chi connectivity index (χ4n) is 4.81. The first-order valence-corrected chi connectivity index (χ1v) is 12.6. The second-order valence-electron chi connectivity index (χ2n) is 9.81. The molecule has 2 aliphatic rings. The summed E-state index contributed by atoms with van der Waals surface area (Å²) in [5.74, 6) is 3.26. The van der Waals surface area contributed by atoms with Crippen molar-refractivity contribution in [2.45, 2.75) is 19.8 Å². The number of anilines is 2. The molecule has 0 aliphatic carbocycles. The van der Waals surface area contributed by atoms with Crippen molar-refractivity contribution in [2.75, 3.05) is 51.1 Å². The van der Waals surface area contributed by atoms with Gasteiger partial charge in [-0.1, -0.05) is 0 Å². The van der Waals surface area contributed by atoms with Crippen molar-refractivity contribution in [3.63, 3.8) is 0 Å². The number of hydrogen-bond donors (Lipinski definition) is 0. The molecule has 0 spiro atoms. The minimum absolute atomic E-state index is 0.507. The Balaban J connectivity index is 1.50. The molecular formula is C26H30N12. The Labute approximate surface area is 220 Å². The summed E-state index contributed by atoms with van der Waals surface area (Å²) in [5.41, 5.74) is 4.28. The maximum absolute atomic E-state index is 5.03. The first-order valence-electron chi connectivity index (χ1n) is 12.6. The molecular weight excluding hydrogens is 480 g/mol. The van der Waals surface area contributed by atoms with E-state index < -0.39 is 0 Å². The third-order valence-corrected chi connectivity index (χ3v) is 6.66. The van der Waals surface area contributed by atoms with Crippen molar-refractivity contribution >= 4 is 51.7 Å². The van der Waals surface area contributed by atoms with Crippen LogP contribution in [-0.4, -0.2) is 92.8 Å². The number of hydrogen-bond acceptors (Lipinski definition) is 9. The van der Waals surface area contributed by atoms with Crippen LogP contribution in [0.1, 0.15) is 19.8 Å². The van der Waals surface area contributed by atoms with Crippen LogP contribution in [-0.2, 0) is 0 Å². The average Bonchev–Trinajstić information content (AvgIpc) is 3.66. The van der Waals surface area contributed by atoms with E-state index in [1.165, 1.54) is 0 Å². The van der Waals surface area contributed by atoms with Crippen LogP contribution in [0.25, 0.3) is 11.3 Å². The third kappa shape index (κ3) is 4.07. The lowest BCUT2D eigenvalue weighted by Crippen LogP contribution is -2.33. The van der Waals surface area contributed by atoms with Crippen LogP contribution in [0.15, 0.2) is 63.5 Å². The monoisotopic (exact) mass is 510 g/mol. The summed E-state index contributed by atoms with van der Waals surface area (Å²) < 4.78 is 3.57. The van der Waals surface area contributed by atoms with Gasteiger partial charge in [-0.25, -0.2) is 24.9 Å². The number of dihydropyridines is 1. The van der Waals surface area contributed by atoms with Crippen molar-refractivity contribution in [1.29, 1.82) is 0 Å². The molecule has 0 atom stereocenters. The largest absolute Gasteiger partial charge is 0.363 e.